The van der Waals surface area contributed by atoms with Crippen LogP contribution in [-0.4, -0.2) is 37.7 Å². The van der Waals surface area contributed by atoms with Crippen molar-refractivity contribution in [1.29, 1.82) is 0 Å². The fourth-order valence-electron chi connectivity index (χ4n) is 5.47. The monoisotopic (exact) mass is 416 g/mol. The zero-order chi connectivity index (χ0) is 19.3. The Morgan fingerprint density at radius 2 is 1.71 bits per heavy atom. The second-order valence-corrected chi connectivity index (χ2v) is 9.23. The minimum absolute atomic E-state index is 0.465. The van der Waals surface area contributed by atoms with E-state index >= 15 is 0 Å². The molecule has 3 nitrogen and oxygen atoms in total. The summed E-state index contributed by atoms with van der Waals surface area (Å²) in [5, 5.41) is 1.43. The van der Waals surface area contributed by atoms with E-state index in [0.717, 1.165) is 39.4 Å². The van der Waals surface area contributed by atoms with Gasteiger partial charge in [0.1, 0.15) is 0 Å². The van der Waals surface area contributed by atoms with Gasteiger partial charge in [-0.2, -0.15) is 0 Å². The number of hydrogen-bond donors (Lipinski definition) is 0. The van der Waals surface area contributed by atoms with Gasteiger partial charge < -0.3 is 9.64 Å². The van der Waals surface area contributed by atoms with Crippen molar-refractivity contribution in [1.82, 2.24) is 4.90 Å². The highest BCUT2D eigenvalue weighted by Crippen LogP contribution is 2.54. The molecule has 2 bridgehead atoms. The highest BCUT2D eigenvalue weighted by molar-refractivity contribution is 6.34. The van der Waals surface area contributed by atoms with Gasteiger partial charge in [0.25, 0.3) is 0 Å². The van der Waals surface area contributed by atoms with Crippen LogP contribution in [0.2, 0.25) is 10.0 Å². The first-order chi connectivity index (χ1) is 13.6. The lowest BCUT2D eigenvalue weighted by Crippen LogP contribution is -2.37. The highest BCUT2D eigenvalue weighted by atomic mass is 35.5. The SMILES string of the molecule is C[C@H]1C2CCN(Cc3cc(Cl)cc(Cl)c3)C1c1cc(N3CCOCC3)ccc12. The molecule has 2 aliphatic heterocycles. The van der Waals surface area contributed by atoms with Gasteiger partial charge in [0.05, 0.1) is 13.2 Å². The number of ether oxygens (including phenoxy) is 1. The van der Waals surface area contributed by atoms with Gasteiger partial charge in [-0.15, -0.1) is 0 Å². The summed E-state index contributed by atoms with van der Waals surface area (Å²) in [6, 6.07) is 13.5. The van der Waals surface area contributed by atoms with E-state index in [9.17, 15) is 0 Å². The van der Waals surface area contributed by atoms with Crippen LogP contribution < -0.4 is 4.90 Å². The molecule has 5 heteroatoms. The Morgan fingerprint density at radius 3 is 2.46 bits per heavy atom. The molecule has 0 radical (unpaired) electrons. The largest absolute Gasteiger partial charge is 0.378 e. The van der Waals surface area contributed by atoms with Gasteiger partial charge >= 0.3 is 0 Å². The van der Waals surface area contributed by atoms with Crippen LogP contribution in [0.15, 0.2) is 36.4 Å². The Hall–Kier alpha value is -1.26. The number of halogens is 2. The van der Waals surface area contributed by atoms with E-state index in [0.29, 0.717) is 27.9 Å². The first-order valence-electron chi connectivity index (χ1n) is 10.3. The van der Waals surface area contributed by atoms with Crippen LogP contribution in [0.1, 0.15) is 42.0 Å². The number of hydrogen-bond acceptors (Lipinski definition) is 3. The molecular weight excluding hydrogens is 391 g/mol. The van der Waals surface area contributed by atoms with Gasteiger partial charge in [-0.05, 0) is 71.8 Å². The lowest BCUT2D eigenvalue weighted by atomic mass is 9.85. The normalized spacial score (nSPS) is 27.1. The Morgan fingerprint density at radius 1 is 0.964 bits per heavy atom. The molecule has 0 N–H and O–H groups in total. The lowest BCUT2D eigenvalue weighted by molar-refractivity contribution is 0.0963. The van der Waals surface area contributed by atoms with E-state index in [1.165, 1.54) is 23.2 Å². The molecule has 5 rings (SSSR count). The van der Waals surface area contributed by atoms with Crippen LogP contribution in [0.4, 0.5) is 5.69 Å². The predicted octanol–water partition coefficient (Wildman–Crippen LogP) is 5.51. The predicted molar refractivity (Wildman–Crippen MR) is 116 cm³/mol. The van der Waals surface area contributed by atoms with Crippen molar-refractivity contribution in [2.45, 2.75) is 31.8 Å². The molecule has 2 aromatic carbocycles. The third-order valence-electron chi connectivity index (χ3n) is 6.73. The number of benzene rings is 2. The van der Waals surface area contributed by atoms with E-state index in [-0.39, 0.29) is 0 Å². The summed E-state index contributed by atoms with van der Waals surface area (Å²) in [5.41, 5.74) is 5.61. The molecule has 0 aromatic heterocycles. The number of fused-ring (bicyclic) bond motifs is 5. The van der Waals surface area contributed by atoms with Crippen LogP contribution in [0.5, 0.6) is 0 Å². The quantitative estimate of drug-likeness (QED) is 0.655. The second kappa shape index (κ2) is 7.53. The molecule has 3 aliphatic rings. The molecule has 0 saturated carbocycles. The minimum atomic E-state index is 0.465. The molecule has 2 heterocycles. The van der Waals surface area contributed by atoms with Crippen molar-refractivity contribution in [2.24, 2.45) is 5.92 Å². The number of rotatable bonds is 3. The van der Waals surface area contributed by atoms with Crippen molar-refractivity contribution < 1.29 is 4.74 Å². The summed E-state index contributed by atoms with van der Waals surface area (Å²) >= 11 is 12.5. The van der Waals surface area contributed by atoms with Gasteiger partial charge in [-0.25, -0.2) is 0 Å². The van der Waals surface area contributed by atoms with Gasteiger partial charge in [-0.3, -0.25) is 4.90 Å². The Labute approximate surface area is 177 Å². The maximum absolute atomic E-state index is 6.24. The molecule has 2 saturated heterocycles. The topological polar surface area (TPSA) is 15.7 Å². The Bertz CT molecular complexity index is 861. The maximum atomic E-state index is 6.24. The summed E-state index contributed by atoms with van der Waals surface area (Å²) in [4.78, 5) is 5.08. The van der Waals surface area contributed by atoms with Crippen LogP contribution in [0.3, 0.4) is 0 Å². The molecule has 0 spiro atoms. The molecular formula is C23H26Cl2N2O. The molecule has 148 valence electrons. The smallest absolute Gasteiger partial charge is 0.0642 e. The zero-order valence-corrected chi connectivity index (χ0v) is 17.7. The lowest BCUT2D eigenvalue weighted by Gasteiger charge is -2.38. The first-order valence-corrected chi connectivity index (χ1v) is 11.0. The first kappa shape index (κ1) is 18.7. The van der Waals surface area contributed by atoms with Gasteiger partial charge in [0.15, 0.2) is 0 Å². The third-order valence-corrected chi connectivity index (χ3v) is 7.16. The Balaban J connectivity index is 1.46. The molecule has 3 atom stereocenters. The summed E-state index contributed by atoms with van der Waals surface area (Å²) in [6.45, 7) is 8.03. The van der Waals surface area contributed by atoms with Crippen LogP contribution in [0.25, 0.3) is 0 Å². The summed E-state index contributed by atoms with van der Waals surface area (Å²) in [5.74, 6) is 1.32. The van der Waals surface area contributed by atoms with Crippen molar-refractivity contribution in [3.8, 4) is 0 Å². The van der Waals surface area contributed by atoms with E-state index in [1.54, 1.807) is 11.6 Å². The Kier molecular flexibility index (Phi) is 5.04. The molecule has 1 aliphatic carbocycles. The van der Waals surface area contributed by atoms with Crippen molar-refractivity contribution in [3.63, 3.8) is 0 Å². The summed E-state index contributed by atoms with van der Waals surface area (Å²) < 4.78 is 5.53. The van der Waals surface area contributed by atoms with Crippen LogP contribution in [-0.2, 0) is 11.3 Å². The maximum Gasteiger partial charge on any atom is 0.0642 e. The molecule has 28 heavy (non-hydrogen) atoms. The molecule has 2 unspecified atom stereocenters. The van der Waals surface area contributed by atoms with E-state index in [2.05, 4.69) is 34.9 Å². The standard InChI is InChI=1S/C23H26Cl2N2O/c1-15-20-4-5-27(14-16-10-17(24)12-18(25)11-16)23(15)22-13-19(2-3-21(20)22)26-6-8-28-9-7-26/h2-3,10-13,15,20,23H,4-9,14H2,1H3/t15-,20?,23?/m0/s1. The van der Waals surface area contributed by atoms with Gasteiger partial charge in [0.2, 0.25) is 0 Å². The average molecular weight is 417 g/mol. The van der Waals surface area contributed by atoms with E-state index in [4.69, 9.17) is 27.9 Å². The third kappa shape index (κ3) is 3.33. The van der Waals surface area contributed by atoms with Crippen molar-refractivity contribution >= 4 is 28.9 Å². The minimum Gasteiger partial charge on any atom is -0.378 e. The van der Waals surface area contributed by atoms with E-state index in [1.807, 2.05) is 12.1 Å². The number of morpholine rings is 1. The van der Waals surface area contributed by atoms with Crippen molar-refractivity contribution in [3.05, 3.63) is 63.1 Å². The van der Waals surface area contributed by atoms with Gasteiger partial charge in [-0.1, -0.05) is 36.2 Å². The van der Waals surface area contributed by atoms with Gasteiger partial charge in [0, 0.05) is 41.4 Å². The molecule has 2 aromatic rings. The van der Waals surface area contributed by atoms with Crippen molar-refractivity contribution in [2.75, 3.05) is 37.7 Å². The zero-order valence-electron chi connectivity index (χ0n) is 16.2. The fraction of sp³-hybridized carbons (Fsp3) is 0.478. The van der Waals surface area contributed by atoms with E-state index < -0.39 is 0 Å². The highest BCUT2D eigenvalue weighted by Gasteiger charge is 2.44. The summed E-state index contributed by atoms with van der Waals surface area (Å²) in [6.07, 6.45) is 1.22. The summed E-state index contributed by atoms with van der Waals surface area (Å²) in [7, 11) is 0. The fourth-order valence-corrected chi connectivity index (χ4v) is 6.04. The number of likely N-dealkylation sites (tertiary alicyclic amines) is 1. The van der Waals surface area contributed by atoms with Crippen LogP contribution >= 0.6 is 23.2 Å². The number of nitrogens with zero attached hydrogens (tertiary/aromatic N) is 2. The molecule has 2 fully saturated rings. The average Bonchev–Trinajstić information content (AvgIpc) is 2.85. The molecule has 0 amide bonds. The van der Waals surface area contributed by atoms with Crippen LogP contribution in [0, 0.1) is 5.92 Å². The second-order valence-electron chi connectivity index (χ2n) is 8.36. The number of piperidine rings is 1. The number of anilines is 1.